The molecule has 1 amide bonds. The van der Waals surface area contributed by atoms with Gasteiger partial charge in [0, 0.05) is 33.8 Å². The average Bonchev–Trinajstić information content (AvgIpc) is 3.30. The molecule has 0 N–H and O–H groups in total. The maximum atomic E-state index is 14.2. The van der Waals surface area contributed by atoms with Gasteiger partial charge < -0.3 is 9.57 Å². The van der Waals surface area contributed by atoms with Crippen molar-refractivity contribution in [2.75, 3.05) is 13.4 Å². The first-order chi connectivity index (χ1) is 17.4. The monoisotopic (exact) mass is 570 g/mol. The van der Waals surface area contributed by atoms with Crippen LogP contribution in [0.2, 0.25) is 10.0 Å². The summed E-state index contributed by atoms with van der Waals surface area (Å²) in [5, 5.41) is 3.74. The molecule has 0 saturated carbocycles. The molecule has 2 unspecified atom stereocenters. The smallest absolute Gasteiger partial charge is 0.435 e. The third kappa shape index (κ3) is 5.32. The third-order valence-corrected chi connectivity index (χ3v) is 7.82. The van der Waals surface area contributed by atoms with E-state index in [1.54, 1.807) is 24.3 Å². The first-order valence-corrected chi connectivity index (χ1v) is 13.3. The lowest BCUT2D eigenvalue weighted by Crippen LogP contribution is -2.42. The number of hydrogen-bond donors (Lipinski definition) is 0. The Bertz CT molecular complexity index is 1500. The Labute approximate surface area is 221 Å². The zero-order valence-corrected chi connectivity index (χ0v) is 21.7. The lowest BCUT2D eigenvalue weighted by atomic mass is 9.86. The van der Waals surface area contributed by atoms with Gasteiger partial charge in [0.05, 0.1) is 27.4 Å². The van der Waals surface area contributed by atoms with Crippen LogP contribution in [0.3, 0.4) is 0 Å². The maximum absolute atomic E-state index is 14.2. The second kappa shape index (κ2) is 10.00. The normalized spacial score (nSPS) is 18.9. The number of carbonyl (C=O) groups excluding carboxylic acids is 1. The molecule has 0 aromatic heterocycles. The number of hydrogen-bond acceptors (Lipinski definition) is 5. The Morgan fingerprint density at radius 2 is 1.70 bits per heavy atom. The van der Waals surface area contributed by atoms with E-state index in [4.69, 9.17) is 32.8 Å². The second-order valence-electron chi connectivity index (χ2n) is 8.22. The molecular formula is C25H19Cl2F3N2O4S. The van der Waals surface area contributed by atoms with E-state index in [1.807, 2.05) is 0 Å². The molecule has 37 heavy (non-hydrogen) atoms. The molecule has 6 nitrogen and oxygen atoms in total. The standard InChI is InChI=1S/C25H19Cl2F3N2O4S/c1-35-21-5-3-4-6-22(21)37(2,34)32-23(33)16-9-7-15(8-10-16)20-14-24(36-31-20,25(28,29)30)17-11-18(26)13-19(27)12-17/h3-13H,14H2,1-2H3. The van der Waals surface area contributed by atoms with Crippen LogP contribution >= 0.6 is 23.2 Å². The van der Waals surface area contributed by atoms with Gasteiger partial charge >= 0.3 is 6.18 Å². The number of oxime groups is 1. The van der Waals surface area contributed by atoms with Gasteiger partial charge in [0.15, 0.2) is 0 Å². The van der Waals surface area contributed by atoms with Crippen molar-refractivity contribution >= 4 is 44.5 Å². The van der Waals surface area contributed by atoms with Gasteiger partial charge in [-0.2, -0.15) is 17.5 Å². The summed E-state index contributed by atoms with van der Waals surface area (Å²) in [6.07, 6.45) is -4.15. The number of alkyl halides is 3. The quantitative estimate of drug-likeness (QED) is 0.335. The SMILES string of the molecule is COc1ccccc1S(C)(=O)=NC(=O)c1ccc(C2=NOC(c3cc(Cl)cc(Cl)c3)(C(F)(F)F)C2)cc1. The van der Waals surface area contributed by atoms with Crippen LogP contribution in [-0.2, 0) is 20.2 Å². The number of rotatable bonds is 5. The molecule has 0 fully saturated rings. The van der Waals surface area contributed by atoms with E-state index in [1.165, 1.54) is 43.7 Å². The molecule has 1 heterocycles. The average molecular weight is 571 g/mol. The number of methoxy groups -OCH3 is 1. The highest BCUT2D eigenvalue weighted by molar-refractivity contribution is 7.93. The summed E-state index contributed by atoms with van der Waals surface area (Å²) in [7, 11) is -1.72. The largest absolute Gasteiger partial charge is 0.495 e. The van der Waals surface area contributed by atoms with Crippen LogP contribution in [-0.4, -0.2) is 35.4 Å². The number of carbonyl (C=O) groups is 1. The van der Waals surface area contributed by atoms with E-state index in [0.717, 1.165) is 12.1 Å². The van der Waals surface area contributed by atoms with Crippen LogP contribution < -0.4 is 4.74 Å². The molecule has 0 radical (unpaired) electrons. The summed E-state index contributed by atoms with van der Waals surface area (Å²) in [6, 6.07) is 15.7. The summed E-state index contributed by atoms with van der Waals surface area (Å²) in [6.45, 7) is 0. The first kappa shape index (κ1) is 27.0. The van der Waals surface area contributed by atoms with Crippen LogP contribution in [0, 0.1) is 0 Å². The number of benzene rings is 3. The van der Waals surface area contributed by atoms with Crippen LogP contribution in [0.1, 0.15) is 27.9 Å². The zero-order chi connectivity index (χ0) is 27.0. The van der Waals surface area contributed by atoms with Crippen molar-refractivity contribution in [3.05, 3.63) is 93.5 Å². The summed E-state index contributed by atoms with van der Waals surface area (Å²) in [5.74, 6) is -0.428. The van der Waals surface area contributed by atoms with Gasteiger partial charge in [0.25, 0.3) is 11.5 Å². The molecule has 4 rings (SSSR count). The fraction of sp³-hybridized carbons (Fsp3) is 0.200. The van der Waals surface area contributed by atoms with Crippen molar-refractivity contribution in [1.29, 1.82) is 0 Å². The Kier molecular flexibility index (Phi) is 7.29. The Morgan fingerprint density at radius 3 is 2.30 bits per heavy atom. The third-order valence-electron chi connectivity index (χ3n) is 5.71. The molecule has 3 aromatic carbocycles. The van der Waals surface area contributed by atoms with E-state index < -0.39 is 33.8 Å². The number of para-hydroxylation sites is 1. The minimum atomic E-state index is -4.83. The minimum absolute atomic E-state index is 0.0117. The Morgan fingerprint density at radius 1 is 1.08 bits per heavy atom. The number of nitrogens with zero attached hydrogens (tertiary/aromatic N) is 2. The molecule has 0 spiro atoms. The molecule has 0 saturated heterocycles. The molecule has 1 aliphatic heterocycles. The van der Waals surface area contributed by atoms with Crippen molar-refractivity contribution in [2.45, 2.75) is 23.1 Å². The highest BCUT2D eigenvalue weighted by Crippen LogP contribution is 2.49. The fourth-order valence-electron chi connectivity index (χ4n) is 3.84. The van der Waals surface area contributed by atoms with Crippen molar-refractivity contribution in [3.8, 4) is 5.75 Å². The van der Waals surface area contributed by atoms with Gasteiger partial charge in [0.2, 0.25) is 0 Å². The predicted molar refractivity (Wildman–Crippen MR) is 135 cm³/mol. The highest BCUT2D eigenvalue weighted by atomic mass is 35.5. The Balaban J connectivity index is 1.61. The molecule has 0 aliphatic carbocycles. The van der Waals surface area contributed by atoms with Crippen molar-refractivity contribution in [3.63, 3.8) is 0 Å². The van der Waals surface area contributed by atoms with Gasteiger partial charge in [-0.15, -0.1) is 0 Å². The van der Waals surface area contributed by atoms with Crippen LogP contribution in [0.5, 0.6) is 5.75 Å². The topological polar surface area (TPSA) is 77.3 Å². The summed E-state index contributed by atoms with van der Waals surface area (Å²) >= 11 is 11.9. The van der Waals surface area contributed by atoms with Crippen LogP contribution in [0.25, 0.3) is 0 Å². The van der Waals surface area contributed by atoms with Gasteiger partial charge in [-0.25, -0.2) is 4.21 Å². The second-order valence-corrected chi connectivity index (χ2v) is 11.3. The van der Waals surface area contributed by atoms with Gasteiger partial charge in [-0.1, -0.05) is 52.6 Å². The molecule has 1 aliphatic rings. The highest BCUT2D eigenvalue weighted by Gasteiger charge is 2.62. The predicted octanol–water partition coefficient (Wildman–Crippen LogP) is 6.88. The number of ether oxygens (including phenoxy) is 1. The maximum Gasteiger partial charge on any atom is 0.435 e. The minimum Gasteiger partial charge on any atom is -0.495 e. The molecular weight excluding hydrogens is 552 g/mol. The molecule has 0 bridgehead atoms. The molecule has 194 valence electrons. The lowest BCUT2D eigenvalue weighted by molar-refractivity contribution is -0.275. The van der Waals surface area contributed by atoms with Crippen LogP contribution in [0.15, 0.2) is 81.1 Å². The summed E-state index contributed by atoms with van der Waals surface area (Å²) in [5.41, 5.74) is -2.65. The Hall–Kier alpha value is -3.08. The van der Waals surface area contributed by atoms with E-state index in [9.17, 15) is 22.2 Å². The van der Waals surface area contributed by atoms with E-state index >= 15 is 0 Å². The number of halogens is 5. The zero-order valence-electron chi connectivity index (χ0n) is 19.4. The molecule has 2 atom stereocenters. The van der Waals surface area contributed by atoms with Gasteiger partial charge in [0.1, 0.15) is 5.75 Å². The van der Waals surface area contributed by atoms with Crippen molar-refractivity contribution < 1.29 is 31.7 Å². The molecule has 12 heteroatoms. The summed E-state index contributed by atoms with van der Waals surface area (Å²) in [4.78, 5) is 18.0. The van der Waals surface area contributed by atoms with Crippen LogP contribution in [0.4, 0.5) is 13.2 Å². The van der Waals surface area contributed by atoms with Gasteiger partial charge in [-0.05, 0) is 48.0 Å². The lowest BCUT2D eigenvalue weighted by Gasteiger charge is -2.29. The first-order valence-electron chi connectivity index (χ1n) is 10.6. The van der Waals surface area contributed by atoms with Crippen molar-refractivity contribution in [2.24, 2.45) is 9.52 Å². The van der Waals surface area contributed by atoms with E-state index in [-0.39, 0.29) is 31.8 Å². The summed E-state index contributed by atoms with van der Waals surface area (Å²) < 4.78 is 64.8. The molecule has 3 aromatic rings. The van der Waals surface area contributed by atoms with Gasteiger partial charge in [-0.3, -0.25) is 4.79 Å². The van der Waals surface area contributed by atoms with E-state index in [2.05, 4.69) is 9.52 Å². The van der Waals surface area contributed by atoms with Crippen molar-refractivity contribution in [1.82, 2.24) is 0 Å². The van der Waals surface area contributed by atoms with E-state index in [0.29, 0.717) is 11.3 Å². The fourth-order valence-corrected chi connectivity index (χ4v) is 5.74. The number of amides is 1.